The fourth-order valence-electron chi connectivity index (χ4n) is 8.98. The SMILES string of the molecule is CC1(C)C(/C=C/C=C/C=C/C=C2/N(CCCS(=O)(=O)[O-])c3ccc4c(SOO[O-])cc(S(=O)(=O)[O-])cc4c3C2(C)C)=[N+](CCCCCC(=O)O)c2ccc3c(S(=O)(=O)[O-])cc(S(=O)(=O)[O-])cc3c21.[K+].[K+].[K+].[K+]. The number of aliphatic carboxylic acids is 1. The van der Waals surface area contributed by atoms with E-state index >= 15 is 0 Å². The van der Waals surface area contributed by atoms with Gasteiger partial charge >= 0.3 is 212 Å². The van der Waals surface area contributed by atoms with Crippen molar-refractivity contribution in [3.05, 3.63) is 108 Å². The number of carboxylic acid groups (broad SMARTS) is 1. The van der Waals surface area contributed by atoms with E-state index in [1.54, 1.807) is 65.6 Å². The van der Waals surface area contributed by atoms with Gasteiger partial charge in [-0.05, 0) is 97.3 Å². The number of anilines is 1. The molecule has 28 heteroatoms. The van der Waals surface area contributed by atoms with Crippen molar-refractivity contribution in [3.8, 4) is 0 Å². The molecule has 2 aliphatic rings. The van der Waals surface area contributed by atoms with Crippen molar-refractivity contribution < 1.29 is 287 Å². The average molecular weight is 1190 g/mol. The van der Waals surface area contributed by atoms with E-state index in [1.807, 2.05) is 32.3 Å². The molecule has 4 aromatic carbocycles. The molecule has 0 fully saturated rings. The zero-order valence-electron chi connectivity index (χ0n) is 40.7. The van der Waals surface area contributed by atoms with Gasteiger partial charge in [0.1, 0.15) is 36.9 Å². The van der Waals surface area contributed by atoms with Gasteiger partial charge in [0.05, 0.1) is 42.3 Å². The van der Waals surface area contributed by atoms with Crippen LogP contribution in [-0.4, -0.2) is 92.1 Å². The Morgan fingerprint density at radius 1 is 0.694 bits per heavy atom. The Kier molecular flexibility index (Phi) is 27.6. The first-order valence-electron chi connectivity index (χ1n) is 20.6. The Morgan fingerprint density at radius 2 is 1.28 bits per heavy atom. The molecule has 0 saturated heterocycles. The maximum absolute atomic E-state index is 12.4. The fraction of sp³-hybridized carbons (Fsp3) is 0.318. The minimum Gasteiger partial charge on any atom is -0.748 e. The molecule has 0 unspecified atom stereocenters. The largest absolute Gasteiger partial charge is 1.00 e. The van der Waals surface area contributed by atoms with Gasteiger partial charge in [0.25, 0.3) is 0 Å². The van der Waals surface area contributed by atoms with Gasteiger partial charge in [-0.15, -0.1) is 0 Å². The summed E-state index contributed by atoms with van der Waals surface area (Å²) in [6, 6.07) is 10.2. The van der Waals surface area contributed by atoms with E-state index in [4.69, 9.17) is 5.11 Å². The first-order valence-corrected chi connectivity index (χ1v) is 27.2. The van der Waals surface area contributed by atoms with Crippen molar-refractivity contribution in [3.63, 3.8) is 0 Å². The quantitative estimate of drug-likeness (QED) is 0.0126. The Labute approximate surface area is 593 Å². The van der Waals surface area contributed by atoms with Crippen LogP contribution in [0, 0.1) is 0 Å². The van der Waals surface area contributed by atoms with E-state index in [1.165, 1.54) is 12.1 Å². The Bertz CT molecular complexity index is 3340. The number of unbranched alkanes of at least 4 members (excludes halogenated alkanes) is 2. The number of nitrogens with zero attached hydrogens (tertiary/aromatic N) is 2. The molecular formula is C44H44K4N2O17S5. The van der Waals surface area contributed by atoms with Crippen LogP contribution in [0.5, 0.6) is 0 Å². The van der Waals surface area contributed by atoms with E-state index in [-0.39, 0.29) is 241 Å². The van der Waals surface area contributed by atoms with Crippen LogP contribution in [0.25, 0.3) is 21.5 Å². The molecule has 0 bridgehead atoms. The predicted molar refractivity (Wildman–Crippen MR) is 244 cm³/mol. The van der Waals surface area contributed by atoms with Gasteiger partial charge in [-0.1, -0.05) is 50.3 Å². The number of hydrogen-bond acceptors (Lipinski definition) is 18. The molecule has 0 spiro atoms. The molecule has 2 heterocycles. The molecule has 366 valence electrons. The van der Waals surface area contributed by atoms with Gasteiger partial charge in [0.2, 0.25) is 5.69 Å². The smallest absolute Gasteiger partial charge is 0.748 e. The number of fused-ring (bicyclic) bond motifs is 6. The summed E-state index contributed by atoms with van der Waals surface area (Å²) in [6.45, 7) is 7.71. The molecule has 0 aromatic heterocycles. The molecule has 0 radical (unpaired) electrons. The molecule has 19 nitrogen and oxygen atoms in total. The van der Waals surface area contributed by atoms with Crippen molar-refractivity contribution in [2.75, 3.05) is 23.7 Å². The van der Waals surface area contributed by atoms with Crippen LogP contribution in [-0.2, 0) is 65.5 Å². The Hall–Kier alpha value is 1.72. The van der Waals surface area contributed by atoms with Gasteiger partial charge < -0.3 is 33.5 Å². The second kappa shape index (κ2) is 28.4. The topological polar surface area (TPSA) is 314 Å². The number of carbonyl (C=O) groups is 1. The monoisotopic (exact) mass is 1190 g/mol. The van der Waals surface area contributed by atoms with E-state index < -0.39 is 77.7 Å². The Morgan fingerprint density at radius 3 is 1.86 bits per heavy atom. The maximum atomic E-state index is 12.4. The normalized spacial score (nSPS) is 16.0. The number of rotatable bonds is 20. The van der Waals surface area contributed by atoms with Crippen LogP contribution in [0.4, 0.5) is 11.4 Å². The third-order valence-corrected chi connectivity index (χ3v) is 15.7. The third kappa shape index (κ3) is 16.7. The van der Waals surface area contributed by atoms with Crippen LogP contribution < -0.4 is 216 Å². The summed E-state index contributed by atoms with van der Waals surface area (Å²) in [6.07, 6.45) is 13.4. The summed E-state index contributed by atoms with van der Waals surface area (Å²) >= 11 is 0.406. The molecule has 1 N–H and O–H groups in total. The summed E-state index contributed by atoms with van der Waals surface area (Å²) in [7, 11) is -20.0. The molecule has 4 aromatic rings. The molecule has 72 heavy (non-hydrogen) atoms. The van der Waals surface area contributed by atoms with E-state index in [9.17, 15) is 61.9 Å². The van der Waals surface area contributed by atoms with Crippen molar-refractivity contribution in [1.29, 1.82) is 0 Å². The van der Waals surface area contributed by atoms with Crippen LogP contribution in [0.15, 0.2) is 116 Å². The van der Waals surface area contributed by atoms with Gasteiger partial charge in [-0.25, -0.2) is 33.7 Å². The summed E-state index contributed by atoms with van der Waals surface area (Å²) in [5.74, 6) is -1.60. The fourth-order valence-corrected chi connectivity index (χ4v) is 11.9. The first kappa shape index (κ1) is 69.8. The molecular weight excluding hydrogens is 1150 g/mol. The van der Waals surface area contributed by atoms with E-state index in [0.29, 0.717) is 88.6 Å². The summed E-state index contributed by atoms with van der Waals surface area (Å²) in [5.41, 5.74) is 1.47. The Balaban J connectivity index is 0.00000444. The zero-order chi connectivity index (χ0) is 50.2. The second-order valence-electron chi connectivity index (χ2n) is 17.0. The second-order valence-corrected chi connectivity index (χ2v) is 23.3. The van der Waals surface area contributed by atoms with E-state index in [0.717, 1.165) is 12.1 Å². The van der Waals surface area contributed by atoms with Gasteiger partial charge in [0, 0.05) is 69.9 Å². The van der Waals surface area contributed by atoms with Crippen LogP contribution in [0.3, 0.4) is 0 Å². The predicted octanol–water partition coefficient (Wildman–Crippen LogP) is -6.74. The number of hydrogen-bond donors (Lipinski definition) is 1. The van der Waals surface area contributed by atoms with Crippen LogP contribution in [0.1, 0.15) is 70.9 Å². The van der Waals surface area contributed by atoms with Gasteiger partial charge in [-0.2, -0.15) is 8.91 Å². The number of allylic oxidation sites excluding steroid dienone is 8. The van der Waals surface area contributed by atoms with Gasteiger partial charge in [-0.3, -0.25) is 9.83 Å². The van der Waals surface area contributed by atoms with Crippen molar-refractivity contribution in [2.24, 2.45) is 0 Å². The third-order valence-electron chi connectivity index (χ3n) is 11.8. The molecule has 0 atom stereocenters. The summed E-state index contributed by atoms with van der Waals surface area (Å²) in [4.78, 5) is 10.7. The average Bonchev–Trinajstić information content (AvgIpc) is 3.58. The number of carboxylic acids is 1. The molecule has 0 saturated carbocycles. The van der Waals surface area contributed by atoms with Crippen LogP contribution >= 0.6 is 12.0 Å². The summed E-state index contributed by atoms with van der Waals surface area (Å²) < 4.78 is 152. The first-order chi connectivity index (χ1) is 31.6. The number of benzene rings is 4. The standard InChI is InChI=1S/C44H48N2O17S5.4K/c1-43(2)39(46(22-13-23-65(50,51)52)34-19-17-30-32(41(34)43)24-28(66(53,54)55)26-36(30)64-63-62-49)15-10-7-5-6-9-14-38-44(3,4)42-33-25-29(67(56,57)58)27-37(68(59,60)61)31(33)18-20-35(42)45(38)21-12-8-11-16-40(47)48;;;;/h5-7,9-10,14-15,17-20,24-27H,8,11-13,16,21-23H2,1-4H3,(H5-,47,48,49,50,51,52,53,54,55,56,57,58,59,60,61);;;;/q;4*+1/p-4. The molecule has 2 aliphatic heterocycles. The molecule has 6 rings (SSSR count). The minimum absolute atomic E-state index is 0. The molecule has 0 aliphatic carbocycles. The van der Waals surface area contributed by atoms with Crippen molar-refractivity contribution >= 4 is 97.1 Å². The van der Waals surface area contributed by atoms with Crippen molar-refractivity contribution in [2.45, 2.75) is 90.2 Å². The maximum Gasteiger partial charge on any atom is 1.00 e. The van der Waals surface area contributed by atoms with Crippen LogP contribution in [0.2, 0.25) is 0 Å². The minimum atomic E-state index is -5.24. The zero-order valence-corrected chi connectivity index (χ0v) is 57.3. The molecule has 0 amide bonds. The van der Waals surface area contributed by atoms with Crippen molar-refractivity contribution in [1.82, 2.24) is 0 Å². The summed E-state index contributed by atoms with van der Waals surface area (Å²) in [5, 5.41) is 24.0. The van der Waals surface area contributed by atoms with E-state index in [2.05, 4.69) is 9.37 Å². The van der Waals surface area contributed by atoms with Gasteiger partial charge in [0.15, 0.2) is 5.71 Å².